The van der Waals surface area contributed by atoms with Crippen LogP contribution in [0.3, 0.4) is 0 Å². The smallest absolute Gasteiger partial charge is 0.414 e. The summed E-state index contributed by atoms with van der Waals surface area (Å²) in [7, 11) is 0. The molecule has 0 atom stereocenters. The van der Waals surface area contributed by atoms with Crippen LogP contribution in [0.1, 0.15) is 32.9 Å². The molecule has 0 aliphatic carbocycles. The molecule has 2 heterocycles. The Balaban J connectivity index is 1.42. The Morgan fingerprint density at radius 1 is 1.19 bits per heavy atom. The lowest BCUT2D eigenvalue weighted by molar-refractivity contribution is 0.0948. The van der Waals surface area contributed by atoms with E-state index in [1.165, 1.54) is 0 Å². The number of carbonyl (C=O) groups is 2. The van der Waals surface area contributed by atoms with Crippen molar-refractivity contribution in [1.29, 1.82) is 0 Å². The maximum atomic E-state index is 12.9. The van der Waals surface area contributed by atoms with Gasteiger partial charge in [0.05, 0.1) is 17.8 Å². The maximum absolute atomic E-state index is 12.9. The van der Waals surface area contributed by atoms with Crippen molar-refractivity contribution >= 4 is 29.4 Å². The Labute approximate surface area is 184 Å². The summed E-state index contributed by atoms with van der Waals surface area (Å²) >= 11 is 1.58. The second-order valence-electron chi connectivity index (χ2n) is 7.21. The van der Waals surface area contributed by atoms with E-state index in [1.807, 2.05) is 62.4 Å². The summed E-state index contributed by atoms with van der Waals surface area (Å²) < 4.78 is 10.2. The van der Waals surface area contributed by atoms with Crippen molar-refractivity contribution in [1.82, 2.24) is 10.5 Å². The van der Waals surface area contributed by atoms with Crippen molar-refractivity contribution in [3.63, 3.8) is 0 Å². The molecule has 1 aromatic heterocycles. The molecule has 31 heavy (non-hydrogen) atoms. The lowest BCUT2D eigenvalue weighted by atomic mass is 10.1. The lowest BCUT2D eigenvalue weighted by Gasteiger charge is -2.14. The normalized spacial score (nSPS) is 13.4. The summed E-state index contributed by atoms with van der Waals surface area (Å²) in [6.45, 7) is 5.09. The molecule has 1 fully saturated rings. The van der Waals surface area contributed by atoms with Gasteiger partial charge in [-0.05, 0) is 43.7 Å². The third-order valence-corrected chi connectivity index (χ3v) is 6.22. The highest BCUT2D eigenvalue weighted by molar-refractivity contribution is 7.98. The van der Waals surface area contributed by atoms with Crippen molar-refractivity contribution in [3.05, 3.63) is 76.7 Å². The van der Waals surface area contributed by atoms with Gasteiger partial charge in [-0.15, -0.1) is 11.8 Å². The molecule has 0 unspecified atom stereocenters. The molecule has 0 radical (unpaired) electrons. The van der Waals surface area contributed by atoms with E-state index in [0.29, 0.717) is 31.0 Å². The average Bonchev–Trinajstić information content (AvgIpc) is 3.35. The number of benzene rings is 2. The lowest BCUT2D eigenvalue weighted by Crippen LogP contribution is -2.25. The van der Waals surface area contributed by atoms with Crippen LogP contribution < -0.4 is 10.2 Å². The highest BCUT2D eigenvalue weighted by atomic mass is 32.2. The van der Waals surface area contributed by atoms with Gasteiger partial charge in [0.1, 0.15) is 12.4 Å². The van der Waals surface area contributed by atoms with Crippen LogP contribution in [0.5, 0.6) is 0 Å². The zero-order valence-electron chi connectivity index (χ0n) is 17.4. The molecule has 0 spiro atoms. The Hall–Kier alpha value is -3.26. The number of nitrogens with zero attached hydrogens (tertiary/aromatic N) is 2. The van der Waals surface area contributed by atoms with Crippen molar-refractivity contribution in [2.24, 2.45) is 0 Å². The number of hydrogen-bond acceptors (Lipinski definition) is 6. The molecule has 2 amide bonds. The fourth-order valence-electron chi connectivity index (χ4n) is 3.38. The minimum atomic E-state index is -0.342. The third kappa shape index (κ3) is 4.74. The van der Waals surface area contributed by atoms with Crippen LogP contribution in [0.15, 0.2) is 57.9 Å². The van der Waals surface area contributed by atoms with Crippen molar-refractivity contribution in [3.8, 4) is 0 Å². The summed E-state index contributed by atoms with van der Waals surface area (Å²) in [5, 5.41) is 6.97. The van der Waals surface area contributed by atoms with Crippen LogP contribution in [0, 0.1) is 13.8 Å². The number of aromatic nitrogens is 1. The first-order chi connectivity index (χ1) is 15.0. The number of cyclic esters (lactones) is 1. The van der Waals surface area contributed by atoms with Gasteiger partial charge in [-0.3, -0.25) is 9.69 Å². The number of anilines is 1. The standard InChI is InChI=1S/C23H23N3O4S/c1-15-20(16(2)30-25-15)14-31-21-9-4-3-8-19(21)22(27)24-13-17-6-5-7-18(12-17)26-10-11-29-23(26)28/h3-9,12H,10-11,13-14H2,1-2H3,(H,24,27). The molecule has 4 rings (SSSR count). The van der Waals surface area contributed by atoms with E-state index in [-0.39, 0.29) is 12.0 Å². The number of aryl methyl sites for hydroxylation is 2. The van der Waals surface area contributed by atoms with Gasteiger partial charge >= 0.3 is 6.09 Å². The predicted octanol–water partition coefficient (Wildman–Crippen LogP) is 4.47. The van der Waals surface area contributed by atoms with Crippen LogP contribution >= 0.6 is 11.8 Å². The molecule has 0 bridgehead atoms. The molecular weight excluding hydrogens is 414 g/mol. The third-order valence-electron chi connectivity index (χ3n) is 5.12. The molecule has 1 aliphatic heterocycles. The topological polar surface area (TPSA) is 84.7 Å². The molecule has 160 valence electrons. The van der Waals surface area contributed by atoms with Gasteiger partial charge in [-0.25, -0.2) is 4.79 Å². The van der Waals surface area contributed by atoms with Crippen LogP contribution in [0.2, 0.25) is 0 Å². The molecule has 1 N–H and O–H groups in total. The number of thioether (sulfide) groups is 1. The maximum Gasteiger partial charge on any atom is 0.414 e. The largest absolute Gasteiger partial charge is 0.447 e. The van der Waals surface area contributed by atoms with E-state index in [2.05, 4.69) is 10.5 Å². The van der Waals surface area contributed by atoms with Gasteiger partial charge in [0.2, 0.25) is 0 Å². The molecule has 0 saturated carbocycles. The summed E-state index contributed by atoms with van der Waals surface area (Å²) in [4.78, 5) is 27.2. The Bertz CT molecular complexity index is 1090. The van der Waals surface area contributed by atoms with Crippen LogP contribution in [0.4, 0.5) is 10.5 Å². The Morgan fingerprint density at radius 2 is 2.03 bits per heavy atom. The number of hydrogen-bond donors (Lipinski definition) is 1. The number of amides is 2. The van der Waals surface area contributed by atoms with Crippen LogP contribution in [-0.4, -0.2) is 30.3 Å². The van der Waals surface area contributed by atoms with Crippen molar-refractivity contribution in [2.45, 2.75) is 31.0 Å². The van der Waals surface area contributed by atoms with Gasteiger partial charge in [0.25, 0.3) is 5.91 Å². The van der Waals surface area contributed by atoms with Crippen LogP contribution in [-0.2, 0) is 17.0 Å². The van der Waals surface area contributed by atoms with E-state index in [9.17, 15) is 9.59 Å². The van der Waals surface area contributed by atoms with E-state index < -0.39 is 0 Å². The predicted molar refractivity (Wildman–Crippen MR) is 118 cm³/mol. The Morgan fingerprint density at radius 3 is 2.77 bits per heavy atom. The SMILES string of the molecule is Cc1noc(C)c1CSc1ccccc1C(=O)NCc1cccc(N2CCOC2=O)c1. The number of carbonyl (C=O) groups excluding carboxylic acids is 2. The summed E-state index contributed by atoms with van der Waals surface area (Å²) in [6, 6.07) is 15.1. The zero-order chi connectivity index (χ0) is 21.8. The van der Waals surface area contributed by atoms with Gasteiger partial charge in [0.15, 0.2) is 0 Å². The first-order valence-electron chi connectivity index (χ1n) is 9.98. The average molecular weight is 438 g/mol. The zero-order valence-corrected chi connectivity index (χ0v) is 18.2. The molecule has 1 aliphatic rings. The fraction of sp³-hybridized carbons (Fsp3) is 0.261. The summed E-state index contributed by atoms with van der Waals surface area (Å²) in [5.41, 5.74) is 4.22. The first kappa shape index (κ1) is 21.0. The van der Waals surface area contributed by atoms with E-state index in [0.717, 1.165) is 33.2 Å². The minimum absolute atomic E-state index is 0.146. The van der Waals surface area contributed by atoms with E-state index in [4.69, 9.17) is 9.26 Å². The summed E-state index contributed by atoms with van der Waals surface area (Å²) in [6.07, 6.45) is -0.342. The minimum Gasteiger partial charge on any atom is -0.447 e. The molecule has 7 nitrogen and oxygen atoms in total. The second kappa shape index (κ2) is 9.26. The Kier molecular flexibility index (Phi) is 6.27. The number of rotatable bonds is 7. The monoisotopic (exact) mass is 437 g/mol. The highest BCUT2D eigenvalue weighted by Crippen LogP contribution is 2.29. The van der Waals surface area contributed by atoms with Crippen molar-refractivity contribution < 1.29 is 18.8 Å². The summed E-state index contributed by atoms with van der Waals surface area (Å²) in [5.74, 6) is 1.33. The highest BCUT2D eigenvalue weighted by Gasteiger charge is 2.23. The number of ether oxygens (including phenoxy) is 1. The molecule has 3 aromatic rings. The number of nitrogens with one attached hydrogen (secondary N) is 1. The van der Waals surface area contributed by atoms with Gasteiger partial charge in [-0.2, -0.15) is 0 Å². The quantitative estimate of drug-likeness (QED) is 0.549. The van der Waals surface area contributed by atoms with Gasteiger partial charge < -0.3 is 14.6 Å². The molecule has 8 heteroatoms. The van der Waals surface area contributed by atoms with Gasteiger partial charge in [-0.1, -0.05) is 29.4 Å². The molecular formula is C23H23N3O4S. The second-order valence-corrected chi connectivity index (χ2v) is 8.22. The fourth-order valence-corrected chi connectivity index (χ4v) is 4.58. The molecule has 1 saturated heterocycles. The molecule has 2 aromatic carbocycles. The van der Waals surface area contributed by atoms with Crippen molar-refractivity contribution in [2.75, 3.05) is 18.1 Å². The first-order valence-corrected chi connectivity index (χ1v) is 11.0. The van der Waals surface area contributed by atoms with E-state index >= 15 is 0 Å². The van der Waals surface area contributed by atoms with E-state index in [1.54, 1.807) is 16.7 Å². The van der Waals surface area contributed by atoms with Crippen LogP contribution in [0.25, 0.3) is 0 Å². The van der Waals surface area contributed by atoms with Gasteiger partial charge in [0, 0.05) is 28.4 Å².